The Kier molecular flexibility index (Phi) is 6.95. The molecule has 8 heteroatoms. The first-order valence-electron chi connectivity index (χ1n) is 9.99. The van der Waals surface area contributed by atoms with Gasteiger partial charge in [0.1, 0.15) is 17.3 Å². The van der Waals surface area contributed by atoms with E-state index in [1.54, 1.807) is 36.4 Å². The van der Waals surface area contributed by atoms with Gasteiger partial charge in [0, 0.05) is 20.6 Å². The van der Waals surface area contributed by atoms with Crippen LogP contribution in [0.25, 0.3) is 5.76 Å². The Morgan fingerprint density at radius 2 is 1.88 bits per heavy atom. The summed E-state index contributed by atoms with van der Waals surface area (Å²) in [6.07, 6.45) is 0. The van der Waals surface area contributed by atoms with Gasteiger partial charge in [-0.05, 0) is 36.8 Å². The Hall–Kier alpha value is -3.65. The lowest BCUT2D eigenvalue weighted by Crippen LogP contribution is -2.32. The van der Waals surface area contributed by atoms with Gasteiger partial charge in [-0.2, -0.15) is 0 Å². The maximum Gasteiger partial charge on any atom is 0.308 e. The van der Waals surface area contributed by atoms with E-state index in [1.165, 1.54) is 26.0 Å². The fraction of sp³-hybridized carbons (Fsp3) is 0.292. The number of likely N-dealkylation sites (tertiary alicyclic amines) is 1. The molecule has 1 amide bonds. The van der Waals surface area contributed by atoms with Crippen molar-refractivity contribution in [3.05, 3.63) is 64.7 Å². The van der Waals surface area contributed by atoms with Crippen molar-refractivity contribution in [2.45, 2.75) is 19.9 Å². The van der Waals surface area contributed by atoms with Gasteiger partial charge in [-0.1, -0.05) is 23.8 Å². The number of hydrogen-bond donors (Lipinski definition) is 1. The van der Waals surface area contributed by atoms with Crippen LogP contribution in [0.2, 0.25) is 0 Å². The first-order chi connectivity index (χ1) is 15.3. The van der Waals surface area contributed by atoms with E-state index in [0.717, 1.165) is 5.56 Å². The van der Waals surface area contributed by atoms with Crippen LogP contribution in [0.5, 0.6) is 11.5 Å². The van der Waals surface area contributed by atoms with Gasteiger partial charge >= 0.3 is 5.97 Å². The Balaban J connectivity index is 2.22. The fourth-order valence-corrected chi connectivity index (χ4v) is 3.71. The van der Waals surface area contributed by atoms with Crippen molar-refractivity contribution in [2.24, 2.45) is 0 Å². The van der Waals surface area contributed by atoms with E-state index < -0.39 is 23.7 Å². The van der Waals surface area contributed by atoms with E-state index >= 15 is 0 Å². The molecule has 0 saturated carbocycles. The molecular weight excluding hydrogens is 414 g/mol. The van der Waals surface area contributed by atoms with Gasteiger partial charge in [0.25, 0.3) is 11.7 Å². The lowest BCUT2D eigenvalue weighted by atomic mass is 9.94. The third kappa shape index (κ3) is 4.50. The Bertz CT molecular complexity index is 1090. The van der Waals surface area contributed by atoms with E-state index in [2.05, 4.69) is 0 Å². The number of carbonyl (C=O) groups excluding carboxylic acids is 3. The molecule has 0 spiro atoms. The van der Waals surface area contributed by atoms with Gasteiger partial charge < -0.3 is 24.2 Å². The molecule has 1 N–H and O–H groups in total. The Morgan fingerprint density at radius 3 is 2.53 bits per heavy atom. The number of aliphatic hydroxyl groups is 1. The van der Waals surface area contributed by atoms with Crippen LogP contribution in [0.4, 0.5) is 0 Å². The van der Waals surface area contributed by atoms with Crippen LogP contribution in [0.3, 0.4) is 0 Å². The van der Waals surface area contributed by atoms with Crippen LogP contribution in [0.1, 0.15) is 29.7 Å². The summed E-state index contributed by atoms with van der Waals surface area (Å²) in [7, 11) is 2.95. The highest BCUT2D eigenvalue weighted by molar-refractivity contribution is 6.46. The number of hydrogen-bond acceptors (Lipinski definition) is 7. The lowest BCUT2D eigenvalue weighted by Gasteiger charge is -2.25. The summed E-state index contributed by atoms with van der Waals surface area (Å²) in [5.41, 5.74) is 1.58. The fourth-order valence-electron chi connectivity index (χ4n) is 3.71. The number of amides is 1. The highest BCUT2D eigenvalue weighted by Gasteiger charge is 2.46. The minimum atomic E-state index is -0.897. The number of ether oxygens (including phenoxy) is 3. The first-order valence-corrected chi connectivity index (χ1v) is 9.99. The average Bonchev–Trinajstić information content (AvgIpc) is 3.01. The van der Waals surface area contributed by atoms with Crippen LogP contribution < -0.4 is 9.47 Å². The molecule has 168 valence electrons. The van der Waals surface area contributed by atoms with E-state index in [1.807, 2.05) is 13.0 Å². The van der Waals surface area contributed by atoms with Crippen LogP contribution in [0, 0.1) is 6.92 Å². The zero-order chi connectivity index (χ0) is 23.4. The average molecular weight is 439 g/mol. The van der Waals surface area contributed by atoms with Gasteiger partial charge in [0.05, 0.1) is 30.9 Å². The van der Waals surface area contributed by atoms with E-state index in [4.69, 9.17) is 14.2 Å². The summed E-state index contributed by atoms with van der Waals surface area (Å²) >= 11 is 0. The number of esters is 1. The summed E-state index contributed by atoms with van der Waals surface area (Å²) in [6.45, 7) is 3.45. The molecule has 8 nitrogen and oxygen atoms in total. The predicted molar refractivity (Wildman–Crippen MR) is 116 cm³/mol. The van der Waals surface area contributed by atoms with Crippen LogP contribution in [-0.2, 0) is 19.1 Å². The van der Waals surface area contributed by atoms with Crippen molar-refractivity contribution in [3.63, 3.8) is 0 Å². The summed E-state index contributed by atoms with van der Waals surface area (Å²) in [5, 5.41) is 11.2. The largest absolute Gasteiger partial charge is 0.507 e. The van der Waals surface area contributed by atoms with Crippen molar-refractivity contribution in [1.82, 2.24) is 4.90 Å². The number of rotatable bonds is 7. The zero-order valence-electron chi connectivity index (χ0n) is 18.4. The maximum atomic E-state index is 13.0. The number of Topliss-reactive ketones (excluding diaryl/α,β-unsaturated/α-hetero) is 1. The lowest BCUT2D eigenvalue weighted by molar-refractivity contribution is -0.140. The summed E-state index contributed by atoms with van der Waals surface area (Å²) in [5.74, 6) is -1.78. The quantitative estimate of drug-likeness (QED) is 0.233. The second kappa shape index (κ2) is 9.65. The summed E-state index contributed by atoms with van der Waals surface area (Å²) < 4.78 is 15.6. The highest BCUT2D eigenvalue weighted by Crippen LogP contribution is 2.41. The smallest absolute Gasteiger partial charge is 0.308 e. The van der Waals surface area contributed by atoms with Crippen molar-refractivity contribution in [3.8, 4) is 11.5 Å². The molecule has 0 bridgehead atoms. The number of carbonyl (C=O) groups is 3. The molecule has 0 aromatic heterocycles. The van der Waals surface area contributed by atoms with Crippen molar-refractivity contribution in [2.75, 3.05) is 27.4 Å². The molecule has 1 unspecified atom stereocenters. The topological polar surface area (TPSA) is 102 Å². The van der Waals surface area contributed by atoms with Gasteiger partial charge in [-0.25, -0.2) is 0 Å². The molecule has 1 aliphatic heterocycles. The molecular formula is C24H25NO7. The number of methoxy groups -OCH3 is 2. The number of nitrogens with zero attached hydrogens (tertiary/aromatic N) is 1. The first kappa shape index (κ1) is 23.0. The van der Waals surface area contributed by atoms with Crippen LogP contribution in [0.15, 0.2) is 48.0 Å². The molecule has 3 rings (SSSR count). The van der Waals surface area contributed by atoms with Gasteiger partial charge in [0.15, 0.2) is 0 Å². The maximum absolute atomic E-state index is 13.0. The monoisotopic (exact) mass is 439 g/mol. The zero-order valence-corrected chi connectivity index (χ0v) is 18.4. The molecule has 1 heterocycles. The number of benzene rings is 2. The molecule has 2 aromatic carbocycles. The molecule has 0 aliphatic carbocycles. The second-order valence-corrected chi connectivity index (χ2v) is 7.36. The normalized spacial score (nSPS) is 17.5. The van der Waals surface area contributed by atoms with Crippen LogP contribution in [-0.4, -0.2) is 55.0 Å². The van der Waals surface area contributed by atoms with Crippen molar-refractivity contribution < 1.29 is 33.7 Å². The van der Waals surface area contributed by atoms with E-state index in [-0.39, 0.29) is 30.2 Å². The highest BCUT2D eigenvalue weighted by atomic mass is 16.5. The van der Waals surface area contributed by atoms with Gasteiger partial charge in [0.2, 0.25) is 0 Å². The van der Waals surface area contributed by atoms with Gasteiger partial charge in [-0.15, -0.1) is 0 Å². The summed E-state index contributed by atoms with van der Waals surface area (Å²) in [6, 6.07) is 10.8. The summed E-state index contributed by atoms with van der Waals surface area (Å²) in [4.78, 5) is 38.7. The predicted octanol–water partition coefficient (Wildman–Crippen LogP) is 3.00. The number of aliphatic hydroxyl groups excluding tert-OH is 1. The molecule has 1 saturated heterocycles. The van der Waals surface area contributed by atoms with Crippen molar-refractivity contribution in [1.29, 1.82) is 0 Å². The third-order valence-electron chi connectivity index (χ3n) is 5.12. The number of ketones is 1. The van der Waals surface area contributed by atoms with Crippen molar-refractivity contribution >= 4 is 23.4 Å². The third-order valence-corrected chi connectivity index (χ3v) is 5.12. The molecule has 0 radical (unpaired) electrons. The van der Waals surface area contributed by atoms with Crippen LogP contribution >= 0.6 is 0 Å². The molecule has 1 aliphatic rings. The number of aryl methyl sites for hydroxylation is 1. The second-order valence-electron chi connectivity index (χ2n) is 7.36. The minimum absolute atomic E-state index is 0.0741. The molecule has 1 atom stereocenters. The Morgan fingerprint density at radius 1 is 1.12 bits per heavy atom. The standard InChI is InChI=1S/C24H25NO7/c1-14-8-9-19(31-4)18(12-14)22(27)20-21(25(10-11-30-3)24(29)23(20)28)16-6-5-7-17(13-16)32-15(2)26/h5-9,12-13,21,27H,10-11H2,1-4H3/b22-20+. The van der Waals surface area contributed by atoms with Gasteiger partial charge in [-0.3, -0.25) is 14.4 Å². The Labute approximate surface area is 186 Å². The minimum Gasteiger partial charge on any atom is -0.507 e. The van der Waals surface area contributed by atoms with E-state index in [0.29, 0.717) is 16.9 Å². The van der Waals surface area contributed by atoms with E-state index in [9.17, 15) is 19.5 Å². The SMILES string of the molecule is COCCN1C(=O)C(=O)/C(=C(/O)c2cc(C)ccc2OC)C1c1cccc(OC(C)=O)c1. The molecule has 2 aromatic rings. The molecule has 32 heavy (non-hydrogen) atoms. The molecule has 1 fully saturated rings.